The van der Waals surface area contributed by atoms with E-state index in [1.165, 1.54) is 11.3 Å². The number of nitrogens with one attached hydrogen (secondary N) is 2. The number of methoxy groups -OCH3 is 1. The molecule has 2 N–H and O–H groups in total. The van der Waals surface area contributed by atoms with Crippen LogP contribution in [0.25, 0.3) is 11.3 Å². The Morgan fingerprint density at radius 3 is 2.59 bits per heavy atom. The minimum Gasteiger partial charge on any atom is -0.497 e. The minimum atomic E-state index is -0.632. The molecular formula is C19H15N5O2S. The van der Waals surface area contributed by atoms with E-state index >= 15 is 0 Å². The van der Waals surface area contributed by atoms with Gasteiger partial charge in [0.15, 0.2) is 5.13 Å². The number of hydrogen-bond donors (Lipinski definition) is 2. The average Bonchev–Trinajstić information content (AvgIpc) is 3.18. The molecule has 7 nitrogen and oxygen atoms in total. The van der Waals surface area contributed by atoms with Crippen LogP contribution >= 0.6 is 11.3 Å². The van der Waals surface area contributed by atoms with Crippen LogP contribution in [0.15, 0.2) is 65.1 Å². The number of thiazole rings is 1. The van der Waals surface area contributed by atoms with Gasteiger partial charge in [0, 0.05) is 10.9 Å². The molecule has 0 unspecified atom stereocenters. The fourth-order valence-corrected chi connectivity index (χ4v) is 2.86. The summed E-state index contributed by atoms with van der Waals surface area (Å²) in [6, 6.07) is 18.3. The van der Waals surface area contributed by atoms with E-state index in [1.54, 1.807) is 37.4 Å². The first kappa shape index (κ1) is 18.1. The Morgan fingerprint density at radius 1 is 1.19 bits per heavy atom. The van der Waals surface area contributed by atoms with E-state index in [4.69, 9.17) is 4.74 Å². The van der Waals surface area contributed by atoms with Crippen molar-refractivity contribution in [2.24, 2.45) is 5.10 Å². The Hall–Kier alpha value is -3.70. The highest BCUT2D eigenvalue weighted by molar-refractivity contribution is 7.14. The summed E-state index contributed by atoms with van der Waals surface area (Å²) < 4.78 is 5.07. The van der Waals surface area contributed by atoms with E-state index in [0.717, 1.165) is 11.3 Å². The summed E-state index contributed by atoms with van der Waals surface area (Å²) in [6.45, 7) is 0. The summed E-state index contributed by atoms with van der Waals surface area (Å²) in [5, 5.41) is 17.9. The standard InChI is InChI=1S/C19H15N5O2S/c1-26-15-9-7-14(8-10-15)23-24-16(11-20)18(25)22-19-21-17(12-27-19)13-5-3-2-4-6-13/h2-10,12,23H,1H3,(H,21,22,25)/b24-16-. The van der Waals surface area contributed by atoms with Crippen LogP contribution in [0.2, 0.25) is 0 Å². The SMILES string of the molecule is COc1ccc(N/N=C(/C#N)C(=O)Nc2nc(-c3ccccc3)cs2)cc1. The molecule has 8 heteroatoms. The average molecular weight is 377 g/mol. The molecule has 0 radical (unpaired) electrons. The summed E-state index contributed by atoms with van der Waals surface area (Å²) in [5.41, 5.74) is 4.70. The topological polar surface area (TPSA) is 99.4 Å². The number of carbonyl (C=O) groups excluding carboxylic acids is 1. The monoisotopic (exact) mass is 377 g/mol. The van der Waals surface area contributed by atoms with Gasteiger partial charge in [-0.15, -0.1) is 11.3 Å². The number of aromatic nitrogens is 1. The number of hydrogen-bond acceptors (Lipinski definition) is 7. The Kier molecular flexibility index (Phi) is 5.77. The second kappa shape index (κ2) is 8.60. The van der Waals surface area contributed by atoms with Crippen LogP contribution in [0.3, 0.4) is 0 Å². The smallest absolute Gasteiger partial charge is 0.288 e. The van der Waals surface area contributed by atoms with Gasteiger partial charge in [0.2, 0.25) is 5.71 Å². The molecule has 1 heterocycles. The zero-order valence-electron chi connectivity index (χ0n) is 14.3. The molecule has 0 saturated carbocycles. The third kappa shape index (κ3) is 4.68. The second-order valence-corrected chi connectivity index (χ2v) is 6.13. The van der Waals surface area contributed by atoms with Crippen LogP contribution < -0.4 is 15.5 Å². The van der Waals surface area contributed by atoms with Crippen LogP contribution in [0.5, 0.6) is 5.75 Å². The van der Waals surface area contributed by atoms with E-state index in [1.807, 2.05) is 35.7 Å². The molecule has 27 heavy (non-hydrogen) atoms. The van der Waals surface area contributed by atoms with Crippen molar-refractivity contribution in [3.63, 3.8) is 0 Å². The minimum absolute atomic E-state index is 0.303. The molecular weight excluding hydrogens is 362 g/mol. The summed E-state index contributed by atoms with van der Waals surface area (Å²) in [5.74, 6) is 0.0632. The molecule has 0 spiro atoms. The quantitative estimate of drug-likeness (QED) is 0.503. The number of carbonyl (C=O) groups is 1. The third-order valence-electron chi connectivity index (χ3n) is 3.50. The maximum absolute atomic E-state index is 12.3. The van der Waals surface area contributed by atoms with Crippen molar-refractivity contribution in [3.8, 4) is 23.1 Å². The van der Waals surface area contributed by atoms with Gasteiger partial charge in [-0.2, -0.15) is 10.4 Å². The van der Waals surface area contributed by atoms with Crippen LogP contribution in [0, 0.1) is 11.3 Å². The van der Waals surface area contributed by atoms with Crippen molar-refractivity contribution in [1.82, 2.24) is 4.98 Å². The summed E-state index contributed by atoms with van der Waals surface area (Å²) in [7, 11) is 1.57. The highest BCUT2D eigenvalue weighted by atomic mass is 32.1. The van der Waals surface area contributed by atoms with Gasteiger partial charge in [-0.25, -0.2) is 4.98 Å². The molecule has 0 saturated heterocycles. The van der Waals surface area contributed by atoms with Gasteiger partial charge in [-0.05, 0) is 24.3 Å². The number of rotatable bonds is 6. The fourth-order valence-electron chi connectivity index (χ4n) is 2.14. The van der Waals surface area contributed by atoms with E-state index in [-0.39, 0.29) is 5.71 Å². The Morgan fingerprint density at radius 2 is 1.93 bits per heavy atom. The summed E-state index contributed by atoms with van der Waals surface area (Å²) in [6.07, 6.45) is 0. The predicted molar refractivity (Wildman–Crippen MR) is 106 cm³/mol. The van der Waals surface area contributed by atoms with E-state index in [2.05, 4.69) is 20.8 Å². The Balaban J connectivity index is 1.66. The highest BCUT2D eigenvalue weighted by Crippen LogP contribution is 2.24. The highest BCUT2D eigenvalue weighted by Gasteiger charge is 2.14. The summed E-state index contributed by atoms with van der Waals surface area (Å²) >= 11 is 1.28. The lowest BCUT2D eigenvalue weighted by Crippen LogP contribution is -2.22. The zero-order valence-corrected chi connectivity index (χ0v) is 15.2. The van der Waals surface area contributed by atoms with Crippen LogP contribution in [0.4, 0.5) is 10.8 Å². The molecule has 1 amide bonds. The number of hydrazone groups is 1. The molecule has 0 aliphatic heterocycles. The third-order valence-corrected chi connectivity index (χ3v) is 4.26. The first-order valence-corrected chi connectivity index (χ1v) is 8.77. The first-order chi connectivity index (χ1) is 13.2. The van der Waals surface area contributed by atoms with Crippen molar-refractivity contribution >= 4 is 33.8 Å². The molecule has 0 aliphatic rings. The molecule has 134 valence electrons. The molecule has 0 bridgehead atoms. The van der Waals surface area contributed by atoms with Gasteiger partial charge in [-0.3, -0.25) is 15.5 Å². The molecule has 0 aliphatic carbocycles. The number of amides is 1. The van der Waals surface area contributed by atoms with E-state index in [9.17, 15) is 10.1 Å². The van der Waals surface area contributed by atoms with Crippen molar-refractivity contribution in [3.05, 3.63) is 60.0 Å². The maximum Gasteiger partial charge on any atom is 0.288 e. The van der Waals surface area contributed by atoms with Crippen molar-refractivity contribution in [1.29, 1.82) is 5.26 Å². The zero-order chi connectivity index (χ0) is 19.1. The lowest BCUT2D eigenvalue weighted by molar-refractivity contribution is -0.110. The fraction of sp³-hybridized carbons (Fsp3) is 0.0526. The van der Waals surface area contributed by atoms with Crippen molar-refractivity contribution < 1.29 is 9.53 Å². The Bertz CT molecular complexity index is 991. The van der Waals surface area contributed by atoms with Gasteiger partial charge in [-0.1, -0.05) is 30.3 Å². The van der Waals surface area contributed by atoms with Crippen molar-refractivity contribution in [2.45, 2.75) is 0 Å². The summed E-state index contributed by atoms with van der Waals surface area (Å²) in [4.78, 5) is 16.6. The first-order valence-electron chi connectivity index (χ1n) is 7.90. The largest absolute Gasteiger partial charge is 0.497 e. The predicted octanol–water partition coefficient (Wildman–Crippen LogP) is 3.75. The molecule has 3 aromatic rings. The molecule has 1 aromatic heterocycles. The lowest BCUT2D eigenvalue weighted by Gasteiger charge is -2.03. The van der Waals surface area contributed by atoms with Gasteiger partial charge in [0.05, 0.1) is 18.5 Å². The van der Waals surface area contributed by atoms with Crippen LogP contribution in [0.1, 0.15) is 0 Å². The maximum atomic E-state index is 12.3. The van der Waals surface area contributed by atoms with E-state index in [0.29, 0.717) is 16.6 Å². The van der Waals surface area contributed by atoms with E-state index < -0.39 is 5.91 Å². The molecule has 3 rings (SSSR count). The van der Waals surface area contributed by atoms with Gasteiger partial charge in [0.25, 0.3) is 5.91 Å². The number of benzene rings is 2. The normalized spacial score (nSPS) is 10.7. The molecule has 0 fully saturated rings. The number of anilines is 2. The van der Waals surface area contributed by atoms with Gasteiger partial charge < -0.3 is 4.74 Å². The molecule has 2 aromatic carbocycles. The van der Waals surface area contributed by atoms with Gasteiger partial charge in [0.1, 0.15) is 11.8 Å². The lowest BCUT2D eigenvalue weighted by atomic mass is 10.2. The Labute approximate surface area is 159 Å². The van der Waals surface area contributed by atoms with Crippen molar-refractivity contribution in [2.75, 3.05) is 17.9 Å². The number of nitriles is 1. The van der Waals surface area contributed by atoms with Crippen LogP contribution in [-0.2, 0) is 4.79 Å². The van der Waals surface area contributed by atoms with Gasteiger partial charge >= 0.3 is 0 Å². The van der Waals surface area contributed by atoms with Crippen LogP contribution in [-0.4, -0.2) is 23.7 Å². The number of ether oxygens (including phenoxy) is 1. The second-order valence-electron chi connectivity index (χ2n) is 5.27. The molecule has 0 atom stereocenters. The number of nitrogens with zero attached hydrogens (tertiary/aromatic N) is 3.